The maximum atomic E-state index is 11.8. The van der Waals surface area contributed by atoms with Crippen LogP contribution in [0.1, 0.15) is 48.0 Å². The lowest BCUT2D eigenvalue weighted by molar-refractivity contribution is -0.157. The van der Waals surface area contributed by atoms with Crippen LogP contribution in [0, 0.1) is 0 Å². The summed E-state index contributed by atoms with van der Waals surface area (Å²) in [6, 6.07) is -0.235. The van der Waals surface area contributed by atoms with Crippen molar-refractivity contribution in [2.75, 3.05) is 6.54 Å². The first-order valence-corrected chi connectivity index (χ1v) is 6.21. The lowest BCUT2D eigenvalue weighted by Gasteiger charge is -2.24. The van der Waals surface area contributed by atoms with Crippen molar-refractivity contribution in [3.63, 3.8) is 0 Å². The van der Waals surface area contributed by atoms with Crippen molar-refractivity contribution in [3.8, 4) is 0 Å². The summed E-state index contributed by atoms with van der Waals surface area (Å²) < 4.78 is 11.2. The second-order valence-corrected chi connectivity index (χ2v) is 6.58. The van der Waals surface area contributed by atoms with Gasteiger partial charge in [-0.3, -0.25) is 4.79 Å². The summed E-state index contributed by atoms with van der Waals surface area (Å²) in [5.74, 6) is -0.183. The third kappa shape index (κ3) is 5.50. The molecule has 1 fully saturated rings. The number of carbonyl (C=O) groups excluding carboxylic acids is 1. The molecule has 0 aliphatic carbocycles. The van der Waals surface area contributed by atoms with Crippen LogP contribution in [-0.2, 0) is 14.3 Å². The zero-order valence-electron chi connectivity index (χ0n) is 11.8. The normalized spacial score (nSPS) is 26.0. The van der Waals surface area contributed by atoms with Gasteiger partial charge in [0.2, 0.25) is 0 Å². The highest BCUT2D eigenvalue weighted by molar-refractivity contribution is 5.76. The van der Waals surface area contributed by atoms with Crippen LogP contribution in [0.25, 0.3) is 0 Å². The van der Waals surface area contributed by atoms with Crippen LogP contribution in [0.3, 0.4) is 0 Å². The highest BCUT2D eigenvalue weighted by Crippen LogP contribution is 2.20. The summed E-state index contributed by atoms with van der Waals surface area (Å²) >= 11 is 0. The highest BCUT2D eigenvalue weighted by Gasteiger charge is 2.34. The molecule has 4 nitrogen and oxygen atoms in total. The van der Waals surface area contributed by atoms with E-state index in [1.807, 2.05) is 41.5 Å². The SMILES string of the molecule is CC(C)(C)OC(=O)[C@H]1C[C@H](OC(C)(C)C)CN1. The summed E-state index contributed by atoms with van der Waals surface area (Å²) in [7, 11) is 0. The van der Waals surface area contributed by atoms with Gasteiger partial charge in [-0.05, 0) is 41.5 Å². The van der Waals surface area contributed by atoms with Gasteiger partial charge in [0.1, 0.15) is 11.6 Å². The fourth-order valence-corrected chi connectivity index (χ4v) is 1.85. The third-order valence-corrected chi connectivity index (χ3v) is 2.30. The Hall–Kier alpha value is -0.610. The molecule has 1 N–H and O–H groups in total. The maximum Gasteiger partial charge on any atom is 0.323 e. The molecule has 0 unspecified atom stereocenters. The largest absolute Gasteiger partial charge is 0.459 e. The van der Waals surface area contributed by atoms with E-state index in [0.717, 1.165) is 0 Å². The first-order chi connectivity index (χ1) is 7.57. The molecule has 0 radical (unpaired) electrons. The van der Waals surface area contributed by atoms with Gasteiger partial charge in [-0.2, -0.15) is 0 Å². The maximum absolute atomic E-state index is 11.8. The van der Waals surface area contributed by atoms with Gasteiger partial charge in [0.15, 0.2) is 0 Å². The van der Waals surface area contributed by atoms with E-state index in [2.05, 4.69) is 5.32 Å². The quantitative estimate of drug-likeness (QED) is 0.752. The molecule has 0 amide bonds. The molecule has 1 aliphatic rings. The fourth-order valence-electron chi connectivity index (χ4n) is 1.85. The molecule has 0 aromatic heterocycles. The molecule has 100 valence electrons. The minimum absolute atomic E-state index is 0.0903. The van der Waals surface area contributed by atoms with Gasteiger partial charge >= 0.3 is 5.97 Å². The average Bonchev–Trinajstić information content (AvgIpc) is 2.45. The van der Waals surface area contributed by atoms with Crippen molar-refractivity contribution < 1.29 is 14.3 Å². The van der Waals surface area contributed by atoms with E-state index < -0.39 is 5.60 Å². The van der Waals surface area contributed by atoms with Gasteiger partial charge in [-0.15, -0.1) is 0 Å². The van der Waals surface area contributed by atoms with Crippen molar-refractivity contribution in [2.45, 2.75) is 71.3 Å². The van der Waals surface area contributed by atoms with Gasteiger partial charge in [-0.1, -0.05) is 0 Å². The Morgan fingerprint density at radius 2 is 1.71 bits per heavy atom. The van der Waals surface area contributed by atoms with Crippen molar-refractivity contribution in [1.82, 2.24) is 5.32 Å². The molecular weight excluding hydrogens is 218 g/mol. The van der Waals surface area contributed by atoms with Crippen LogP contribution in [0.15, 0.2) is 0 Å². The molecule has 17 heavy (non-hydrogen) atoms. The topological polar surface area (TPSA) is 47.6 Å². The number of hydrogen-bond acceptors (Lipinski definition) is 4. The Morgan fingerprint density at radius 3 is 2.18 bits per heavy atom. The van der Waals surface area contributed by atoms with Crippen LogP contribution in [0.5, 0.6) is 0 Å². The van der Waals surface area contributed by atoms with Gasteiger partial charge in [0.05, 0.1) is 11.7 Å². The Labute approximate surface area is 104 Å². The van der Waals surface area contributed by atoms with Crippen molar-refractivity contribution in [3.05, 3.63) is 0 Å². The van der Waals surface area contributed by atoms with E-state index >= 15 is 0 Å². The van der Waals surface area contributed by atoms with E-state index in [-0.39, 0.29) is 23.7 Å². The molecule has 0 saturated carbocycles. The van der Waals surface area contributed by atoms with Gasteiger partial charge in [0, 0.05) is 13.0 Å². The molecule has 1 aliphatic heterocycles. The zero-order chi connectivity index (χ0) is 13.3. The Morgan fingerprint density at radius 1 is 1.12 bits per heavy atom. The molecule has 1 saturated heterocycles. The summed E-state index contributed by atoms with van der Waals surface area (Å²) in [6.45, 7) is 12.4. The lowest BCUT2D eigenvalue weighted by Crippen LogP contribution is -2.37. The van der Waals surface area contributed by atoms with Crippen molar-refractivity contribution in [2.24, 2.45) is 0 Å². The van der Waals surface area contributed by atoms with Crippen molar-refractivity contribution >= 4 is 5.97 Å². The molecule has 2 atom stereocenters. The Kier molecular flexibility index (Phi) is 4.20. The monoisotopic (exact) mass is 243 g/mol. The van der Waals surface area contributed by atoms with E-state index in [0.29, 0.717) is 13.0 Å². The number of rotatable bonds is 2. The number of esters is 1. The van der Waals surface area contributed by atoms with Gasteiger partial charge in [0.25, 0.3) is 0 Å². The second kappa shape index (κ2) is 4.94. The number of ether oxygens (including phenoxy) is 2. The molecule has 0 aromatic carbocycles. The molecule has 4 heteroatoms. The zero-order valence-corrected chi connectivity index (χ0v) is 11.8. The van der Waals surface area contributed by atoms with Crippen LogP contribution < -0.4 is 5.32 Å². The summed E-state index contributed by atoms with van der Waals surface area (Å²) in [5, 5.41) is 3.15. The summed E-state index contributed by atoms with van der Waals surface area (Å²) in [6.07, 6.45) is 0.777. The van der Waals surface area contributed by atoms with Crippen LogP contribution in [-0.4, -0.2) is 35.9 Å². The third-order valence-electron chi connectivity index (χ3n) is 2.30. The van der Waals surface area contributed by atoms with Gasteiger partial charge < -0.3 is 14.8 Å². The molecule has 1 heterocycles. The van der Waals surface area contributed by atoms with Crippen LogP contribution >= 0.6 is 0 Å². The fraction of sp³-hybridized carbons (Fsp3) is 0.923. The number of hydrogen-bond donors (Lipinski definition) is 1. The van der Waals surface area contributed by atoms with E-state index in [9.17, 15) is 4.79 Å². The molecule has 0 spiro atoms. The number of nitrogens with one attached hydrogen (secondary N) is 1. The van der Waals surface area contributed by atoms with E-state index in [1.54, 1.807) is 0 Å². The first-order valence-electron chi connectivity index (χ1n) is 6.21. The number of carbonyl (C=O) groups is 1. The van der Waals surface area contributed by atoms with Crippen molar-refractivity contribution in [1.29, 1.82) is 0 Å². The predicted molar refractivity (Wildman–Crippen MR) is 66.9 cm³/mol. The molecular formula is C13H25NO3. The Balaban J connectivity index is 2.43. The minimum Gasteiger partial charge on any atom is -0.459 e. The predicted octanol–water partition coefficient (Wildman–Crippen LogP) is 1.87. The Bertz CT molecular complexity index is 275. The minimum atomic E-state index is -0.429. The second-order valence-electron chi connectivity index (χ2n) is 6.58. The molecule has 0 bridgehead atoms. The van der Waals surface area contributed by atoms with Crippen LogP contribution in [0.2, 0.25) is 0 Å². The highest BCUT2D eigenvalue weighted by atomic mass is 16.6. The molecule has 1 rings (SSSR count). The van der Waals surface area contributed by atoms with Crippen LogP contribution in [0.4, 0.5) is 0 Å². The smallest absolute Gasteiger partial charge is 0.323 e. The summed E-state index contributed by atoms with van der Waals surface area (Å²) in [4.78, 5) is 11.8. The lowest BCUT2D eigenvalue weighted by atomic mass is 10.1. The van der Waals surface area contributed by atoms with E-state index in [1.165, 1.54) is 0 Å². The van der Waals surface area contributed by atoms with E-state index in [4.69, 9.17) is 9.47 Å². The van der Waals surface area contributed by atoms with Gasteiger partial charge in [-0.25, -0.2) is 0 Å². The average molecular weight is 243 g/mol. The molecule has 0 aromatic rings. The first kappa shape index (κ1) is 14.5. The summed E-state index contributed by atoms with van der Waals surface area (Å²) in [5.41, 5.74) is -0.600. The standard InChI is InChI=1S/C13H25NO3/c1-12(2,3)16-9-7-10(14-8-9)11(15)17-13(4,5)6/h9-10,14H,7-8H2,1-6H3/t9-,10+/m0/s1.